The van der Waals surface area contributed by atoms with Crippen molar-refractivity contribution in [3.63, 3.8) is 0 Å². The Balaban J connectivity index is 2.69. The van der Waals surface area contributed by atoms with Crippen LogP contribution in [0, 0.1) is 0 Å². The third-order valence-corrected chi connectivity index (χ3v) is 4.91. The maximum absolute atomic E-state index is 12.8. The van der Waals surface area contributed by atoms with E-state index in [0.717, 1.165) is 6.42 Å². The van der Waals surface area contributed by atoms with Crippen LogP contribution in [0.2, 0.25) is 0 Å². The summed E-state index contributed by atoms with van der Waals surface area (Å²) in [4.78, 5) is 55.5. The number of aromatic nitrogens is 2. The van der Waals surface area contributed by atoms with Crippen molar-refractivity contribution in [2.45, 2.75) is 63.1 Å². The van der Waals surface area contributed by atoms with Crippen molar-refractivity contribution in [1.82, 2.24) is 25.9 Å². The van der Waals surface area contributed by atoms with Crippen LogP contribution in [0.25, 0.3) is 0 Å². The van der Waals surface area contributed by atoms with E-state index in [0.29, 0.717) is 44.5 Å². The second kappa shape index (κ2) is 15.7. The number of nitrogens with two attached hydrogens (primary N) is 3. The number of rotatable bonds is 17. The molecule has 11 N–H and O–H groups in total. The Hall–Kier alpha value is -3.03. The summed E-state index contributed by atoms with van der Waals surface area (Å²) in [6.45, 7) is 0.541. The van der Waals surface area contributed by atoms with Gasteiger partial charge in [0.1, 0.15) is 12.1 Å². The number of hydrogen-bond acceptors (Lipinski definition) is 8. The van der Waals surface area contributed by atoms with Crippen molar-refractivity contribution >= 4 is 23.7 Å². The summed E-state index contributed by atoms with van der Waals surface area (Å²) in [6, 6.07) is -2.97. The molecule has 0 aromatic carbocycles. The molecule has 0 spiro atoms. The number of H-pyrrole nitrogens is 1. The lowest BCUT2D eigenvalue weighted by Gasteiger charge is -2.21. The Labute approximate surface area is 192 Å². The van der Waals surface area contributed by atoms with Crippen molar-refractivity contribution in [2.24, 2.45) is 17.2 Å². The van der Waals surface area contributed by atoms with Crippen LogP contribution < -0.4 is 33.2 Å². The molecule has 0 saturated heterocycles. The van der Waals surface area contributed by atoms with Crippen molar-refractivity contribution in [1.29, 1.82) is 0 Å². The fourth-order valence-electron chi connectivity index (χ4n) is 3.03. The van der Waals surface area contributed by atoms with Crippen molar-refractivity contribution in [2.75, 3.05) is 19.6 Å². The Morgan fingerprint density at radius 1 is 0.970 bits per heavy atom. The molecule has 1 rings (SSSR count). The summed E-state index contributed by atoms with van der Waals surface area (Å²) in [5.74, 6) is -2.96. The van der Waals surface area contributed by atoms with E-state index in [1.165, 1.54) is 6.33 Å². The topological polar surface area (TPSA) is 231 Å². The van der Waals surface area contributed by atoms with Crippen LogP contribution in [0.5, 0.6) is 0 Å². The predicted molar refractivity (Wildman–Crippen MR) is 121 cm³/mol. The predicted octanol–water partition coefficient (Wildman–Crippen LogP) is -2.29. The lowest BCUT2D eigenvalue weighted by Crippen LogP contribution is -2.54. The largest absolute Gasteiger partial charge is 0.480 e. The third-order valence-electron chi connectivity index (χ3n) is 4.91. The summed E-state index contributed by atoms with van der Waals surface area (Å²) >= 11 is 0. The van der Waals surface area contributed by atoms with E-state index in [4.69, 9.17) is 17.2 Å². The average Bonchev–Trinajstić information content (AvgIpc) is 3.29. The number of hydrogen-bond donors (Lipinski definition) is 8. The molecule has 0 aliphatic heterocycles. The Morgan fingerprint density at radius 3 is 2.21 bits per heavy atom. The number of aliphatic carboxylic acids is 1. The molecule has 3 unspecified atom stereocenters. The number of carboxylic acid groups (broad SMARTS) is 1. The fourth-order valence-corrected chi connectivity index (χ4v) is 3.03. The molecular weight excluding hydrogens is 432 g/mol. The number of carbonyl (C=O) groups excluding carboxylic acids is 3. The second-order valence-corrected chi connectivity index (χ2v) is 7.68. The zero-order chi connectivity index (χ0) is 24.6. The lowest BCUT2D eigenvalue weighted by molar-refractivity contribution is -0.142. The quantitative estimate of drug-likeness (QED) is 0.115. The highest BCUT2D eigenvalue weighted by molar-refractivity contribution is 5.92. The fraction of sp³-hybridized carbons (Fsp3) is 0.650. The molecule has 186 valence electrons. The van der Waals surface area contributed by atoms with Gasteiger partial charge in [0.05, 0.1) is 24.6 Å². The third kappa shape index (κ3) is 11.4. The van der Waals surface area contributed by atoms with E-state index in [2.05, 4.69) is 25.9 Å². The maximum atomic E-state index is 12.8. The van der Waals surface area contributed by atoms with Crippen LogP contribution in [0.15, 0.2) is 12.5 Å². The van der Waals surface area contributed by atoms with Gasteiger partial charge in [-0.1, -0.05) is 6.42 Å². The minimum atomic E-state index is -1.18. The van der Waals surface area contributed by atoms with E-state index in [1.54, 1.807) is 6.20 Å². The van der Waals surface area contributed by atoms with Gasteiger partial charge >= 0.3 is 5.97 Å². The van der Waals surface area contributed by atoms with E-state index in [1.807, 2.05) is 0 Å². The van der Waals surface area contributed by atoms with Crippen LogP contribution in [0.1, 0.15) is 44.2 Å². The minimum Gasteiger partial charge on any atom is -0.480 e. The highest BCUT2D eigenvalue weighted by Crippen LogP contribution is 2.04. The zero-order valence-corrected chi connectivity index (χ0v) is 18.7. The van der Waals surface area contributed by atoms with Crippen LogP contribution in [0.4, 0.5) is 0 Å². The van der Waals surface area contributed by atoms with Gasteiger partial charge in [-0.25, -0.2) is 9.78 Å². The summed E-state index contributed by atoms with van der Waals surface area (Å²) in [7, 11) is 0. The number of imidazole rings is 1. The number of carbonyl (C=O) groups is 4. The van der Waals surface area contributed by atoms with Crippen LogP contribution >= 0.6 is 0 Å². The maximum Gasteiger partial charge on any atom is 0.326 e. The van der Waals surface area contributed by atoms with Gasteiger partial charge in [0.15, 0.2) is 0 Å². The second-order valence-electron chi connectivity index (χ2n) is 7.68. The molecule has 3 amide bonds. The highest BCUT2D eigenvalue weighted by atomic mass is 16.4. The zero-order valence-electron chi connectivity index (χ0n) is 18.7. The molecule has 0 saturated carbocycles. The van der Waals surface area contributed by atoms with E-state index < -0.39 is 41.8 Å². The summed E-state index contributed by atoms with van der Waals surface area (Å²) < 4.78 is 0. The minimum absolute atomic E-state index is 0.0305. The molecule has 13 nitrogen and oxygen atoms in total. The van der Waals surface area contributed by atoms with Gasteiger partial charge in [0.2, 0.25) is 17.7 Å². The number of nitrogens with one attached hydrogen (secondary N) is 4. The molecule has 0 radical (unpaired) electrons. The Kier molecular flexibility index (Phi) is 13.3. The first-order chi connectivity index (χ1) is 15.8. The highest BCUT2D eigenvalue weighted by Gasteiger charge is 2.27. The summed E-state index contributed by atoms with van der Waals surface area (Å²) in [5.41, 5.74) is 17.1. The number of aromatic amines is 1. The molecule has 1 aromatic heterocycles. The van der Waals surface area contributed by atoms with E-state index in [9.17, 15) is 24.3 Å². The average molecular weight is 469 g/mol. The number of unbranched alkanes of at least 4 members (excludes halogenated alkanes) is 2. The van der Waals surface area contributed by atoms with Gasteiger partial charge in [0, 0.05) is 12.6 Å². The number of carboxylic acids is 1. The lowest BCUT2D eigenvalue weighted by atomic mass is 10.1. The van der Waals surface area contributed by atoms with E-state index >= 15 is 0 Å². The summed E-state index contributed by atoms with van der Waals surface area (Å²) in [6.07, 6.45) is 6.25. The molecule has 0 aliphatic rings. The molecule has 33 heavy (non-hydrogen) atoms. The molecule has 13 heteroatoms. The molecule has 1 heterocycles. The molecule has 0 aliphatic carbocycles. The van der Waals surface area contributed by atoms with Gasteiger partial charge < -0.3 is 43.2 Å². The van der Waals surface area contributed by atoms with Gasteiger partial charge in [-0.2, -0.15) is 0 Å². The molecule has 3 atom stereocenters. The van der Waals surface area contributed by atoms with Crippen LogP contribution in [0.3, 0.4) is 0 Å². The number of nitrogens with zero attached hydrogens (tertiary/aromatic N) is 1. The Bertz CT molecular complexity index is 743. The monoisotopic (exact) mass is 468 g/mol. The standard InChI is InChI=1S/C20H36N8O5/c21-7-3-1-5-14(23)18(30)25-11-17(29)27-16(9-13-10-24-12-26-13)19(31)28-15(20(32)33)6-2-4-8-22/h10,12,14-16H,1-9,11,21-23H2,(H,24,26)(H,25,30)(H,27,29)(H,28,31)(H,32,33). The van der Waals surface area contributed by atoms with Crippen molar-refractivity contribution in [3.8, 4) is 0 Å². The SMILES string of the molecule is NCCCCC(N)C(=O)NCC(=O)NC(Cc1c[nH]cn1)C(=O)NC(CCCCN)C(=O)O. The first kappa shape index (κ1) is 28.0. The Morgan fingerprint density at radius 2 is 1.64 bits per heavy atom. The van der Waals surface area contributed by atoms with Crippen LogP contribution in [-0.2, 0) is 25.6 Å². The molecule has 1 aromatic rings. The van der Waals surface area contributed by atoms with Gasteiger partial charge in [-0.15, -0.1) is 0 Å². The first-order valence-corrected chi connectivity index (χ1v) is 11.0. The molecule has 0 bridgehead atoms. The van der Waals surface area contributed by atoms with E-state index in [-0.39, 0.29) is 19.4 Å². The smallest absolute Gasteiger partial charge is 0.326 e. The van der Waals surface area contributed by atoms with Gasteiger partial charge in [-0.05, 0) is 45.2 Å². The molecular formula is C20H36N8O5. The summed E-state index contributed by atoms with van der Waals surface area (Å²) in [5, 5.41) is 16.8. The van der Waals surface area contributed by atoms with Gasteiger partial charge in [0.25, 0.3) is 0 Å². The van der Waals surface area contributed by atoms with Gasteiger partial charge in [-0.3, -0.25) is 14.4 Å². The number of amides is 3. The van der Waals surface area contributed by atoms with Crippen molar-refractivity contribution < 1.29 is 24.3 Å². The molecule has 0 fully saturated rings. The normalized spacial score (nSPS) is 13.5. The van der Waals surface area contributed by atoms with Crippen LogP contribution in [-0.4, -0.2) is 76.5 Å². The van der Waals surface area contributed by atoms with Crippen molar-refractivity contribution in [3.05, 3.63) is 18.2 Å². The first-order valence-electron chi connectivity index (χ1n) is 11.0.